The zero-order valence-corrected chi connectivity index (χ0v) is 18.2. The van der Waals surface area contributed by atoms with Crippen molar-refractivity contribution in [3.63, 3.8) is 0 Å². The van der Waals surface area contributed by atoms with Crippen molar-refractivity contribution in [3.05, 3.63) is 34.9 Å². The predicted molar refractivity (Wildman–Crippen MR) is 107 cm³/mol. The first-order valence-electron chi connectivity index (χ1n) is 8.47. The van der Waals surface area contributed by atoms with E-state index >= 15 is 0 Å². The molecule has 0 fully saturated rings. The zero-order chi connectivity index (χ0) is 18.7. The fraction of sp³-hybridized carbons (Fsp3) is 0.632. The van der Waals surface area contributed by atoms with Gasteiger partial charge in [-0.3, -0.25) is 0 Å². The van der Waals surface area contributed by atoms with Crippen LogP contribution in [-0.4, -0.2) is 19.2 Å². The summed E-state index contributed by atoms with van der Waals surface area (Å²) in [6.07, 6.45) is -0.0150. The fourth-order valence-corrected chi connectivity index (χ4v) is 4.10. The predicted octanol–water partition coefficient (Wildman–Crippen LogP) is 4.87. The van der Waals surface area contributed by atoms with E-state index in [4.69, 9.17) is 21.4 Å². The Morgan fingerprint density at radius 3 is 2.17 bits per heavy atom. The molecular weight excluding hydrogens is 336 g/mol. The third-order valence-corrected chi connectivity index (χ3v) is 4.69. The van der Waals surface area contributed by atoms with Crippen molar-refractivity contribution in [2.75, 3.05) is 0 Å². The largest absolute Gasteiger partial charge is 0.477 e. The molecular formula is C19H32O3SSi. The normalized spacial score (nSPS) is 13.9. The summed E-state index contributed by atoms with van der Waals surface area (Å²) in [4.78, 5) is 0. The maximum absolute atomic E-state index is 9.70. The number of aliphatic hydroxyl groups excluding tert-OH is 1. The van der Waals surface area contributed by atoms with Crippen LogP contribution in [0.25, 0.3) is 0 Å². The lowest BCUT2D eigenvalue weighted by molar-refractivity contribution is 0.0832. The first kappa shape index (κ1) is 21.3. The van der Waals surface area contributed by atoms with Gasteiger partial charge < -0.3 is 14.3 Å². The number of hydrogen-bond donors (Lipinski definition) is 1. The van der Waals surface area contributed by atoms with E-state index in [9.17, 15) is 5.11 Å². The van der Waals surface area contributed by atoms with Crippen LogP contribution >= 0.6 is 12.2 Å². The van der Waals surface area contributed by atoms with E-state index in [2.05, 4.69) is 39.9 Å². The van der Waals surface area contributed by atoms with Crippen molar-refractivity contribution in [2.45, 2.75) is 72.9 Å². The Labute approximate surface area is 154 Å². The number of benzene rings is 1. The van der Waals surface area contributed by atoms with Crippen LogP contribution in [0.5, 0.6) is 0 Å². The molecule has 1 aromatic carbocycles. The van der Waals surface area contributed by atoms with Gasteiger partial charge >= 0.3 is 0 Å². The van der Waals surface area contributed by atoms with Gasteiger partial charge in [-0.15, -0.1) is 0 Å². The summed E-state index contributed by atoms with van der Waals surface area (Å²) in [6.45, 7) is 16.7. The Hall–Kier alpha value is -0.753. The number of hydrogen-bond acceptors (Lipinski definition) is 4. The SMILES string of the molecule is CC(=S)OC(C)(C)c1cc(CO)cc(C(O[SiH](C)C)C(C)(C)C)c1. The molecule has 0 radical (unpaired) electrons. The van der Waals surface area contributed by atoms with Crippen LogP contribution in [0.2, 0.25) is 13.1 Å². The average Bonchev–Trinajstić information content (AvgIpc) is 2.41. The lowest BCUT2D eigenvalue weighted by Crippen LogP contribution is -2.28. The Bertz CT molecular complexity index is 576. The molecule has 0 aliphatic rings. The molecule has 0 bridgehead atoms. The summed E-state index contributed by atoms with van der Waals surface area (Å²) in [7, 11) is -1.22. The van der Waals surface area contributed by atoms with Crippen molar-refractivity contribution in [3.8, 4) is 0 Å². The second-order valence-electron chi connectivity index (χ2n) is 8.16. The molecule has 1 atom stereocenters. The molecule has 0 aliphatic carbocycles. The second kappa shape index (κ2) is 8.08. The number of rotatable bonds is 6. The number of ether oxygens (including phenoxy) is 1. The maximum atomic E-state index is 9.70. The van der Waals surface area contributed by atoms with E-state index in [-0.39, 0.29) is 18.1 Å². The highest BCUT2D eigenvalue weighted by molar-refractivity contribution is 7.80. The topological polar surface area (TPSA) is 38.7 Å². The summed E-state index contributed by atoms with van der Waals surface area (Å²) >= 11 is 5.11. The molecule has 0 saturated carbocycles. The molecule has 3 nitrogen and oxygen atoms in total. The van der Waals surface area contributed by atoms with E-state index in [0.717, 1.165) is 16.7 Å². The fourth-order valence-electron chi connectivity index (χ4n) is 2.78. The molecule has 1 N–H and O–H groups in total. The highest BCUT2D eigenvalue weighted by Crippen LogP contribution is 2.39. The second-order valence-corrected chi connectivity index (χ2v) is 11.1. The zero-order valence-electron chi connectivity index (χ0n) is 16.3. The van der Waals surface area contributed by atoms with E-state index in [0.29, 0.717) is 5.05 Å². The van der Waals surface area contributed by atoms with Gasteiger partial charge in [0.05, 0.1) is 12.7 Å². The lowest BCUT2D eigenvalue weighted by atomic mass is 9.82. The van der Waals surface area contributed by atoms with Crippen LogP contribution in [0.3, 0.4) is 0 Å². The van der Waals surface area contributed by atoms with Crippen LogP contribution in [0.15, 0.2) is 18.2 Å². The molecule has 0 amide bonds. The summed E-state index contributed by atoms with van der Waals surface area (Å²) in [5.74, 6) is 0. The van der Waals surface area contributed by atoms with Crippen molar-refractivity contribution in [2.24, 2.45) is 5.41 Å². The molecule has 136 valence electrons. The van der Waals surface area contributed by atoms with Crippen LogP contribution < -0.4 is 0 Å². The van der Waals surface area contributed by atoms with Crippen LogP contribution in [0.4, 0.5) is 0 Å². The molecule has 0 saturated heterocycles. The van der Waals surface area contributed by atoms with Gasteiger partial charge in [0.2, 0.25) is 0 Å². The van der Waals surface area contributed by atoms with Gasteiger partial charge in [0.1, 0.15) is 5.60 Å². The average molecular weight is 369 g/mol. The Morgan fingerprint density at radius 1 is 1.17 bits per heavy atom. The van der Waals surface area contributed by atoms with Crippen LogP contribution in [0, 0.1) is 5.41 Å². The van der Waals surface area contributed by atoms with Crippen LogP contribution in [-0.2, 0) is 21.4 Å². The van der Waals surface area contributed by atoms with Gasteiger partial charge in [-0.1, -0.05) is 26.8 Å². The van der Waals surface area contributed by atoms with Gasteiger partial charge in [0.25, 0.3) is 0 Å². The highest BCUT2D eigenvalue weighted by Gasteiger charge is 2.31. The van der Waals surface area contributed by atoms with Gasteiger partial charge in [-0.05, 0) is 73.4 Å². The Kier molecular flexibility index (Phi) is 7.17. The van der Waals surface area contributed by atoms with Crippen molar-refractivity contribution < 1.29 is 14.3 Å². The van der Waals surface area contributed by atoms with Gasteiger partial charge in [0.15, 0.2) is 14.1 Å². The molecule has 0 spiro atoms. The van der Waals surface area contributed by atoms with Crippen molar-refractivity contribution in [1.82, 2.24) is 0 Å². The van der Waals surface area contributed by atoms with E-state index in [1.165, 1.54) is 0 Å². The lowest BCUT2D eigenvalue weighted by Gasteiger charge is -2.35. The summed E-state index contributed by atoms with van der Waals surface area (Å²) < 4.78 is 12.2. The van der Waals surface area contributed by atoms with Crippen molar-refractivity contribution >= 4 is 26.3 Å². The van der Waals surface area contributed by atoms with Crippen LogP contribution in [0.1, 0.15) is 64.3 Å². The summed E-state index contributed by atoms with van der Waals surface area (Å²) in [5, 5.41) is 10.2. The van der Waals surface area contributed by atoms with Gasteiger partial charge in [0, 0.05) is 6.92 Å². The first-order chi connectivity index (χ1) is 10.9. The third kappa shape index (κ3) is 5.95. The minimum absolute atomic E-state index is 0.0105. The number of thiocarbonyl (C=S) groups is 1. The standard InChI is InChI=1S/C19H32O3SSi/c1-13(23)21-19(5,6)16-10-14(12-20)9-15(11-16)17(18(2,3)4)22-24(7)8/h9-11,17,20,24H,12H2,1-8H3. The molecule has 0 heterocycles. The minimum atomic E-state index is -1.22. The van der Waals surface area contributed by atoms with E-state index in [1.54, 1.807) is 6.92 Å². The van der Waals surface area contributed by atoms with E-state index in [1.807, 2.05) is 26.0 Å². The Morgan fingerprint density at radius 2 is 1.75 bits per heavy atom. The highest BCUT2D eigenvalue weighted by atomic mass is 32.1. The smallest absolute Gasteiger partial charge is 0.171 e. The summed E-state index contributed by atoms with van der Waals surface area (Å²) in [5.41, 5.74) is 2.36. The molecule has 24 heavy (non-hydrogen) atoms. The van der Waals surface area contributed by atoms with E-state index < -0.39 is 14.6 Å². The molecule has 1 rings (SSSR count). The number of aliphatic hydroxyl groups is 1. The molecule has 0 aromatic heterocycles. The Balaban J connectivity index is 3.42. The molecule has 0 aliphatic heterocycles. The van der Waals surface area contributed by atoms with Crippen molar-refractivity contribution in [1.29, 1.82) is 0 Å². The van der Waals surface area contributed by atoms with Gasteiger partial charge in [-0.2, -0.15) is 0 Å². The monoisotopic (exact) mass is 368 g/mol. The first-order valence-corrected chi connectivity index (χ1v) is 11.7. The minimum Gasteiger partial charge on any atom is -0.477 e. The molecule has 1 aromatic rings. The quantitative estimate of drug-likeness (QED) is 0.574. The molecule has 1 unspecified atom stereocenters. The molecule has 5 heteroatoms. The van der Waals surface area contributed by atoms with Gasteiger partial charge in [-0.25, -0.2) is 0 Å². The summed E-state index contributed by atoms with van der Waals surface area (Å²) in [6, 6.07) is 6.15. The third-order valence-electron chi connectivity index (χ3n) is 3.79. The maximum Gasteiger partial charge on any atom is 0.171 e.